The van der Waals surface area contributed by atoms with Gasteiger partial charge in [0.1, 0.15) is 17.0 Å². The Labute approximate surface area is 286 Å². The molecular weight excluding hydrogens is 598 g/mol. The second-order valence-electron chi connectivity index (χ2n) is 13.5. The van der Waals surface area contributed by atoms with Crippen LogP contribution in [0.25, 0.3) is 0 Å². The summed E-state index contributed by atoms with van der Waals surface area (Å²) in [7, 11) is -3.29. The van der Waals surface area contributed by atoms with Gasteiger partial charge in [0.25, 0.3) is 0 Å². The summed E-state index contributed by atoms with van der Waals surface area (Å²) >= 11 is 0. The number of carbonyl (C=O) groups is 2. The van der Waals surface area contributed by atoms with Crippen LogP contribution in [-0.2, 0) is 24.2 Å². The van der Waals surface area contributed by atoms with Gasteiger partial charge >= 0.3 is 10.4 Å². The molecule has 0 aliphatic heterocycles. The number of unbranched alkanes of at least 4 members (excludes halogenated alkanes) is 24. The van der Waals surface area contributed by atoms with Crippen molar-refractivity contribution in [2.75, 3.05) is 7.11 Å². The highest BCUT2D eigenvalue weighted by molar-refractivity contribution is 7.80. The summed E-state index contributed by atoms with van der Waals surface area (Å²) in [6.07, 6.45) is 35.2. The normalized spacial score (nSPS) is 12.5. The number of rotatable bonds is 33. The molecule has 7 nitrogen and oxygen atoms in total. The second kappa shape index (κ2) is 32.7. The van der Waals surface area contributed by atoms with Crippen LogP contribution in [0.5, 0.6) is 0 Å². The Bertz CT molecular complexity index is 757. The minimum absolute atomic E-state index is 0.104. The van der Waals surface area contributed by atoms with Gasteiger partial charge in [0.15, 0.2) is 0 Å². The molecule has 0 aliphatic rings. The summed E-state index contributed by atoms with van der Waals surface area (Å²) < 4.78 is 29.7. The van der Waals surface area contributed by atoms with Gasteiger partial charge in [-0.1, -0.05) is 175 Å². The van der Waals surface area contributed by atoms with E-state index >= 15 is 0 Å². The monoisotopic (exact) mass is 676 g/mol. The maximum Gasteiger partial charge on any atom is 0.397 e. The van der Waals surface area contributed by atoms with Gasteiger partial charge in [-0.3, -0.25) is 18.3 Å². The van der Waals surface area contributed by atoms with Crippen LogP contribution in [0, 0.1) is 5.41 Å². The average Bonchev–Trinajstić information content (AvgIpc) is 3.02. The third kappa shape index (κ3) is 27.2. The molecule has 0 aromatic carbocycles. The molecule has 8 heteroatoms. The van der Waals surface area contributed by atoms with Gasteiger partial charge in [-0.15, -0.1) is 0 Å². The lowest BCUT2D eigenvalue weighted by Crippen LogP contribution is -2.51. The molecule has 0 aromatic heterocycles. The molecule has 276 valence electrons. The van der Waals surface area contributed by atoms with Crippen LogP contribution in [-0.4, -0.2) is 37.7 Å². The van der Waals surface area contributed by atoms with Gasteiger partial charge in [-0.05, 0) is 26.2 Å². The van der Waals surface area contributed by atoms with Crippen molar-refractivity contribution in [1.29, 1.82) is 0 Å². The van der Waals surface area contributed by atoms with Crippen molar-refractivity contribution in [3.8, 4) is 0 Å². The van der Waals surface area contributed by atoms with E-state index < -0.39 is 21.9 Å². The van der Waals surface area contributed by atoms with Crippen molar-refractivity contribution < 1.29 is 26.7 Å². The van der Waals surface area contributed by atoms with Crippen LogP contribution in [0.4, 0.5) is 0 Å². The number of Topliss-reactive ketones (excluding diaryl/α,β-unsaturated/α-hetero) is 2. The molecule has 0 saturated carbocycles. The third-order valence-electron chi connectivity index (χ3n) is 9.56. The molecule has 0 rings (SSSR count). The molecule has 0 aromatic rings. The number of hydrogen-bond donors (Lipinski definition) is 2. The third-order valence-corrected chi connectivity index (χ3v) is 9.98. The standard InChI is InChI=1S/C37H73NO2.CH4O4S/c1-5-8-10-12-14-16-18-20-22-24-26-28-30-32-35(39)37(7-3,34(4)38)36(40)33-31-29-27-25-23-21-19-17-15-13-11-9-6-2;1-5-6(2,3)4/h34H,5-33,38H2,1-4H3;1H3,(H,2,3,4). The van der Waals surface area contributed by atoms with Crippen LogP contribution in [0.2, 0.25) is 0 Å². The topological polar surface area (TPSA) is 124 Å². The summed E-state index contributed by atoms with van der Waals surface area (Å²) in [5.74, 6) is 0.209. The Balaban J connectivity index is 0. The quantitative estimate of drug-likeness (QED) is 0.0403. The van der Waals surface area contributed by atoms with E-state index in [1.165, 1.54) is 141 Å². The summed E-state index contributed by atoms with van der Waals surface area (Å²) in [5, 5.41) is 0. The smallest absolute Gasteiger partial charge is 0.327 e. The molecule has 0 spiro atoms. The molecule has 0 heterocycles. The van der Waals surface area contributed by atoms with Crippen LogP contribution in [0.15, 0.2) is 0 Å². The van der Waals surface area contributed by atoms with Gasteiger partial charge in [0, 0.05) is 18.9 Å². The highest BCUT2D eigenvalue weighted by Crippen LogP contribution is 2.33. The van der Waals surface area contributed by atoms with Crippen LogP contribution < -0.4 is 5.73 Å². The summed E-state index contributed by atoms with van der Waals surface area (Å²) in [5.41, 5.74) is 5.37. The van der Waals surface area contributed by atoms with Crippen molar-refractivity contribution in [3.63, 3.8) is 0 Å². The fourth-order valence-corrected chi connectivity index (χ4v) is 6.43. The van der Waals surface area contributed by atoms with Gasteiger partial charge in [-0.2, -0.15) is 8.42 Å². The molecule has 0 fully saturated rings. The molecular formula is C38H77NO6S. The van der Waals surface area contributed by atoms with E-state index in [1.807, 2.05) is 13.8 Å². The number of carbonyl (C=O) groups excluding carboxylic acids is 2. The van der Waals surface area contributed by atoms with E-state index in [2.05, 4.69) is 18.0 Å². The second-order valence-corrected chi connectivity index (χ2v) is 14.7. The molecule has 0 saturated heterocycles. The Morgan fingerprint density at radius 1 is 0.565 bits per heavy atom. The summed E-state index contributed by atoms with van der Waals surface area (Å²) in [6, 6.07) is -0.401. The van der Waals surface area contributed by atoms with E-state index in [0.717, 1.165) is 32.8 Å². The van der Waals surface area contributed by atoms with Gasteiger partial charge in [0.2, 0.25) is 0 Å². The molecule has 0 bridgehead atoms. The number of ketones is 2. The Morgan fingerprint density at radius 2 is 0.783 bits per heavy atom. The first kappa shape index (κ1) is 47.3. The molecule has 3 N–H and O–H groups in total. The zero-order chi connectivity index (χ0) is 34.9. The fourth-order valence-electron chi connectivity index (χ4n) is 6.43. The maximum atomic E-state index is 13.3. The highest BCUT2D eigenvalue weighted by atomic mass is 32.3. The molecule has 0 aliphatic carbocycles. The number of nitrogens with two attached hydrogens (primary N) is 1. The van der Waals surface area contributed by atoms with E-state index in [9.17, 15) is 18.0 Å². The lowest BCUT2D eigenvalue weighted by Gasteiger charge is -2.34. The first-order valence-electron chi connectivity index (χ1n) is 19.4. The van der Waals surface area contributed by atoms with Crippen molar-refractivity contribution >= 4 is 22.0 Å². The molecule has 0 radical (unpaired) electrons. The summed E-state index contributed by atoms with van der Waals surface area (Å²) in [4.78, 5) is 26.6. The SMILES string of the molecule is CCCCCCCCCCCCCCCC(=O)C(CC)(C(=O)CCCCCCCCCCCCCCC)C(C)N.COS(=O)(=O)O. The first-order chi connectivity index (χ1) is 22.0. The predicted molar refractivity (Wildman–Crippen MR) is 196 cm³/mol. The Kier molecular flexibility index (Phi) is 33.6. The lowest BCUT2D eigenvalue weighted by molar-refractivity contribution is -0.142. The van der Waals surface area contributed by atoms with Crippen LogP contribution in [0.3, 0.4) is 0 Å². The number of hydrogen-bond acceptors (Lipinski definition) is 6. The lowest BCUT2D eigenvalue weighted by atomic mass is 9.69. The van der Waals surface area contributed by atoms with Gasteiger partial charge in [-0.25, -0.2) is 0 Å². The van der Waals surface area contributed by atoms with Crippen LogP contribution >= 0.6 is 0 Å². The Morgan fingerprint density at radius 3 is 0.957 bits per heavy atom. The fraction of sp³-hybridized carbons (Fsp3) is 0.947. The molecule has 1 unspecified atom stereocenters. The maximum absolute atomic E-state index is 13.3. The van der Waals surface area contributed by atoms with Gasteiger partial charge < -0.3 is 5.73 Å². The predicted octanol–water partition coefficient (Wildman–Crippen LogP) is 11.3. The van der Waals surface area contributed by atoms with E-state index in [0.29, 0.717) is 19.3 Å². The van der Waals surface area contributed by atoms with E-state index in [-0.39, 0.29) is 11.6 Å². The first-order valence-corrected chi connectivity index (χ1v) is 20.7. The van der Waals surface area contributed by atoms with Crippen molar-refractivity contribution in [3.05, 3.63) is 0 Å². The molecule has 46 heavy (non-hydrogen) atoms. The zero-order valence-corrected chi connectivity index (χ0v) is 31.9. The summed E-state index contributed by atoms with van der Waals surface area (Å²) in [6.45, 7) is 8.39. The van der Waals surface area contributed by atoms with Gasteiger partial charge in [0.05, 0.1) is 7.11 Å². The highest BCUT2D eigenvalue weighted by Gasteiger charge is 2.45. The largest absolute Gasteiger partial charge is 0.397 e. The molecule has 1 atom stereocenters. The molecule has 0 amide bonds. The van der Waals surface area contributed by atoms with E-state index in [4.69, 9.17) is 10.3 Å². The average molecular weight is 676 g/mol. The van der Waals surface area contributed by atoms with Crippen molar-refractivity contribution in [1.82, 2.24) is 0 Å². The minimum atomic E-state index is -4.16. The minimum Gasteiger partial charge on any atom is -0.327 e. The van der Waals surface area contributed by atoms with E-state index in [1.54, 1.807) is 0 Å². The van der Waals surface area contributed by atoms with Crippen molar-refractivity contribution in [2.24, 2.45) is 11.1 Å². The van der Waals surface area contributed by atoms with Crippen molar-refractivity contribution in [2.45, 2.75) is 220 Å². The van der Waals surface area contributed by atoms with Crippen LogP contribution in [0.1, 0.15) is 214 Å². The zero-order valence-electron chi connectivity index (χ0n) is 31.1. The Hall–Kier alpha value is -0.830.